The van der Waals surface area contributed by atoms with E-state index in [9.17, 15) is 49.2 Å². The molecule has 6 aliphatic rings. The molecule has 0 bridgehead atoms. The van der Waals surface area contributed by atoms with Crippen LogP contribution in [-0.4, -0.2) is 193 Å². The number of anilines is 2. The van der Waals surface area contributed by atoms with Crippen LogP contribution >= 0.6 is 23.4 Å². The van der Waals surface area contributed by atoms with Crippen molar-refractivity contribution < 1.29 is 53.9 Å². The summed E-state index contributed by atoms with van der Waals surface area (Å²) < 4.78 is 105. The first-order valence-corrected chi connectivity index (χ1v) is 35.9. The summed E-state index contributed by atoms with van der Waals surface area (Å²) in [5.41, 5.74) is 0.807. The molecule has 1 unspecified atom stereocenters. The molecule has 0 spiro atoms. The first kappa shape index (κ1) is 67.6. The molecule has 11 rings (SSSR count). The molecule has 1 aliphatic carbocycles. The number of nitrogens with zero attached hydrogens (tertiary/aromatic N) is 6. The van der Waals surface area contributed by atoms with Gasteiger partial charge in [-0.15, -0.1) is 11.8 Å². The Balaban J connectivity index is 0.684. The third-order valence-electron chi connectivity index (χ3n) is 18.4. The Morgan fingerprint density at radius 3 is 2.28 bits per heavy atom. The number of fused-ring (bicyclic) bond motifs is 1. The van der Waals surface area contributed by atoms with Gasteiger partial charge in [0.25, 0.3) is 31.7 Å². The van der Waals surface area contributed by atoms with Crippen LogP contribution in [0.3, 0.4) is 0 Å². The van der Waals surface area contributed by atoms with Crippen molar-refractivity contribution in [3.8, 4) is 11.8 Å². The van der Waals surface area contributed by atoms with Gasteiger partial charge in [0, 0.05) is 149 Å². The van der Waals surface area contributed by atoms with E-state index in [0.717, 1.165) is 118 Å². The molecule has 4 amide bonds. The highest BCUT2D eigenvalue weighted by Crippen LogP contribution is 2.44. The molecule has 4 saturated heterocycles. The number of halogens is 4. The van der Waals surface area contributed by atoms with Crippen molar-refractivity contribution in [2.24, 2.45) is 5.41 Å². The van der Waals surface area contributed by atoms with Gasteiger partial charge >= 0.3 is 5.51 Å². The number of carbonyl (C=O) groups is 4. The van der Waals surface area contributed by atoms with Crippen LogP contribution in [0.5, 0.6) is 0 Å². The number of sulfone groups is 1. The maximum absolute atomic E-state index is 14.4. The highest BCUT2D eigenvalue weighted by molar-refractivity contribution is 7.99. The molecule has 25 heteroatoms. The summed E-state index contributed by atoms with van der Waals surface area (Å²) >= 11 is 7.82. The number of carbonyl (C=O) groups excluding carboxylic acids is 4. The lowest BCUT2D eigenvalue weighted by molar-refractivity contribution is -0.136. The summed E-state index contributed by atoms with van der Waals surface area (Å²) in [5.74, 6) is 5.00. The molecule has 18 nitrogen and oxygen atoms in total. The summed E-state index contributed by atoms with van der Waals surface area (Å²) in [6.45, 7) is 14.7. The van der Waals surface area contributed by atoms with E-state index in [-0.39, 0.29) is 29.2 Å². The average Bonchev–Trinajstić information content (AvgIpc) is 1.31. The number of alkyl halides is 3. The second-order valence-electron chi connectivity index (χ2n) is 25.1. The summed E-state index contributed by atoms with van der Waals surface area (Å²) in [6, 6.07) is 30.7. The largest absolute Gasteiger partial charge is 0.501 e. The Kier molecular flexibility index (Phi) is 21.4. The Bertz CT molecular complexity index is 3890. The first-order chi connectivity index (χ1) is 44.6. The number of nitrogens with one attached hydrogen (secondary N) is 3. The van der Waals surface area contributed by atoms with E-state index in [1.807, 2.05) is 59.3 Å². The summed E-state index contributed by atoms with van der Waals surface area (Å²) in [6.07, 6.45) is 4.67. The average molecular weight is 1350 g/mol. The van der Waals surface area contributed by atoms with Gasteiger partial charge < -0.3 is 29.7 Å². The Labute approximate surface area is 551 Å². The lowest BCUT2D eigenvalue weighted by Crippen LogP contribution is -2.52. The van der Waals surface area contributed by atoms with Gasteiger partial charge in [-0.1, -0.05) is 66.3 Å². The predicted octanol–water partition coefficient (Wildman–Crippen LogP) is 8.63. The number of allylic oxidation sites excluding steroid dienone is 1. The zero-order valence-corrected chi connectivity index (χ0v) is 55.1. The minimum Gasteiger partial charge on any atom is -0.380 e. The van der Waals surface area contributed by atoms with Crippen molar-refractivity contribution in [3.63, 3.8) is 0 Å². The minimum atomic E-state index is -6.10. The minimum absolute atomic E-state index is 0.0252. The number of thioether (sulfide) groups is 1. The fourth-order valence-corrected chi connectivity index (χ4v) is 16.4. The third-order valence-corrected chi connectivity index (χ3v) is 22.7. The highest BCUT2D eigenvalue weighted by Gasteiger charge is 2.49. The second kappa shape index (κ2) is 29.5. The second-order valence-corrected chi connectivity index (χ2v) is 30.2. The van der Waals surface area contributed by atoms with E-state index < -0.39 is 64.7 Å². The van der Waals surface area contributed by atoms with Crippen LogP contribution in [0.1, 0.15) is 89.3 Å². The highest BCUT2D eigenvalue weighted by atomic mass is 35.5. The van der Waals surface area contributed by atoms with Crippen LogP contribution in [0.25, 0.3) is 5.57 Å². The third kappa shape index (κ3) is 16.8. The van der Waals surface area contributed by atoms with E-state index in [0.29, 0.717) is 87.7 Å². The van der Waals surface area contributed by atoms with Gasteiger partial charge in [-0.3, -0.25) is 34.3 Å². The number of ether oxygens (including phenoxy) is 1. The number of piperazine rings is 2. The molecule has 5 aliphatic heterocycles. The molecule has 494 valence electrons. The van der Waals surface area contributed by atoms with Gasteiger partial charge in [-0.25, -0.2) is 21.6 Å². The smallest absolute Gasteiger partial charge is 0.380 e. The first-order valence-electron chi connectivity index (χ1n) is 31.6. The number of amides is 4. The van der Waals surface area contributed by atoms with Crippen molar-refractivity contribution in [2.45, 2.75) is 90.7 Å². The number of hydrogen-bond donors (Lipinski definition) is 3. The molecule has 0 aromatic heterocycles. The molecule has 3 N–H and O–H groups in total. The van der Waals surface area contributed by atoms with E-state index in [1.54, 1.807) is 23.1 Å². The Morgan fingerprint density at radius 2 is 1.55 bits per heavy atom. The molecular formula is C68H77ClF3N9O9S3. The molecule has 5 aromatic carbocycles. The number of piperidine rings is 1. The topological polar surface area (TPSA) is 201 Å². The quantitative estimate of drug-likeness (QED) is 0.0379. The van der Waals surface area contributed by atoms with Crippen molar-refractivity contribution in [1.29, 1.82) is 0 Å². The van der Waals surface area contributed by atoms with Crippen molar-refractivity contribution in [3.05, 3.63) is 154 Å². The van der Waals surface area contributed by atoms with Gasteiger partial charge in [0.15, 0.2) is 0 Å². The van der Waals surface area contributed by atoms with Crippen LogP contribution in [-0.2, 0) is 40.7 Å². The van der Waals surface area contributed by atoms with Crippen LogP contribution in [0.2, 0.25) is 5.02 Å². The molecule has 0 saturated carbocycles. The van der Waals surface area contributed by atoms with Crippen LogP contribution < -0.4 is 20.3 Å². The van der Waals surface area contributed by atoms with Crippen molar-refractivity contribution >= 4 is 83.8 Å². The number of benzene rings is 5. The van der Waals surface area contributed by atoms with E-state index >= 15 is 0 Å². The summed E-state index contributed by atoms with van der Waals surface area (Å²) in [7, 11) is -11.0. The maximum atomic E-state index is 14.4. The Morgan fingerprint density at radius 1 is 0.817 bits per heavy atom. The summed E-state index contributed by atoms with van der Waals surface area (Å²) in [5, 5.41) is 6.06. The predicted molar refractivity (Wildman–Crippen MR) is 353 cm³/mol. The van der Waals surface area contributed by atoms with Gasteiger partial charge in [0.1, 0.15) is 10.9 Å². The molecular weight excluding hydrogens is 1280 g/mol. The van der Waals surface area contributed by atoms with Gasteiger partial charge in [-0.05, 0) is 146 Å². The fourth-order valence-electron chi connectivity index (χ4n) is 13.3. The van der Waals surface area contributed by atoms with Crippen LogP contribution in [0.15, 0.2) is 136 Å². The van der Waals surface area contributed by atoms with Crippen molar-refractivity contribution in [1.82, 2.24) is 34.5 Å². The molecule has 5 heterocycles. The van der Waals surface area contributed by atoms with Gasteiger partial charge in [0.05, 0.1) is 23.7 Å². The zero-order valence-electron chi connectivity index (χ0n) is 51.9. The van der Waals surface area contributed by atoms with Gasteiger partial charge in [0.2, 0.25) is 11.8 Å². The lowest BCUT2D eigenvalue weighted by Gasteiger charge is -2.44. The maximum Gasteiger partial charge on any atom is 0.501 e. The SMILES string of the molecule is C[C@@]1(CN2CCN(CC#Cc3ccc4c(c3)CN(C3CCC(=O)NC3=O)C4=O)CC2)CCC(c2ccc(Cl)cc2)=C(CN2CCN(c3ccc(C(=O)NS(=O)(=O)c4ccc(N[C@H](CCN5CCCOCC5)CSc5ccccc5)c(S(=O)(=O)C(F)(F)F)c4)cc3)CC2)C1. The zero-order chi connectivity index (χ0) is 65.5. The molecule has 3 atom stereocenters. The van der Waals surface area contributed by atoms with Crippen LogP contribution in [0.4, 0.5) is 24.5 Å². The molecule has 93 heavy (non-hydrogen) atoms. The van der Waals surface area contributed by atoms with Crippen molar-refractivity contribution in [2.75, 3.05) is 121 Å². The fraction of sp³-hybridized carbons (Fsp3) is 0.441. The van der Waals surface area contributed by atoms with Crippen LogP contribution in [0, 0.1) is 17.3 Å². The number of sulfonamides is 1. The van der Waals surface area contributed by atoms with E-state index in [4.69, 9.17) is 16.3 Å². The number of rotatable bonds is 20. The molecule has 4 fully saturated rings. The molecule has 5 aromatic rings. The van der Waals surface area contributed by atoms with E-state index in [2.05, 4.69) is 66.0 Å². The van der Waals surface area contributed by atoms with Gasteiger partial charge in [-0.2, -0.15) is 13.2 Å². The normalized spacial score (nSPS) is 21.2. The molecule has 0 radical (unpaired) electrons. The van der Waals surface area contributed by atoms with E-state index in [1.165, 1.54) is 40.6 Å². The number of imide groups is 1. The standard InChI is InChI=1S/C68H77ClF3N9O9S3/c1-67(47-79-32-30-77(31-33-79)27-5-7-48-10-20-59-51(41-48)45-81(66(59)85)61-22-23-63(82)74-65(61)84)26-24-58(49-11-15-53(69)16-12-49)52(43-67)44-78-34-36-80(37-35-78)55-17-13-50(14-18-55)64(83)75-93(88,89)57-19-21-60(62(42-57)92(86,87)68(70,71)72)73-54(46-91-56-8-3-2-4-9-56)25-29-76-28-6-39-90-40-38-76/h2-4,8-21,41-42,54,61,73H,6,22-40,43-47H2,1H3,(H,75,83)(H,74,82,84)/t54-,61?,67-/m1/s1. The monoisotopic (exact) mass is 1350 g/mol. The number of hydrogen-bond acceptors (Lipinski definition) is 16. The Hall–Kier alpha value is -6.79. The lowest BCUT2D eigenvalue weighted by atomic mass is 9.71. The summed E-state index contributed by atoms with van der Waals surface area (Å²) in [4.78, 5) is 63.2.